The average Bonchev–Trinajstić information content (AvgIpc) is 1.97. The molecule has 0 spiro atoms. The summed E-state index contributed by atoms with van der Waals surface area (Å²) in [5.41, 5.74) is 2.59. The van der Waals surface area contributed by atoms with Gasteiger partial charge in [0, 0.05) is 6.54 Å². The van der Waals surface area contributed by atoms with Crippen molar-refractivity contribution in [1.29, 1.82) is 0 Å². The number of carbonyl (C=O) groups excluding carboxylic acids is 2. The minimum Gasteiger partial charge on any atom is -0.319 e. The maximum Gasteiger partial charge on any atom is 0.341 e. The number of hydrogen-bond donors (Lipinski definition) is 3. The van der Waals surface area contributed by atoms with E-state index in [1.54, 1.807) is 6.92 Å². The first kappa shape index (κ1) is 7.80. The van der Waals surface area contributed by atoms with E-state index in [9.17, 15) is 9.59 Å². The van der Waals surface area contributed by atoms with E-state index in [-0.39, 0.29) is 6.67 Å². The second kappa shape index (κ2) is 3.20. The number of urea groups is 2. The molecule has 1 aliphatic heterocycles. The van der Waals surface area contributed by atoms with Crippen molar-refractivity contribution in [2.45, 2.75) is 6.92 Å². The lowest BCUT2D eigenvalue weighted by Crippen LogP contribution is -2.62. The fourth-order valence-electron chi connectivity index (χ4n) is 0.747. The van der Waals surface area contributed by atoms with E-state index >= 15 is 0 Å². The van der Waals surface area contributed by atoms with Gasteiger partial charge in [-0.1, -0.05) is 6.92 Å². The van der Waals surface area contributed by atoms with Crippen molar-refractivity contribution in [1.82, 2.24) is 21.1 Å². The average molecular weight is 158 g/mol. The molecule has 1 saturated heterocycles. The number of carbonyl (C=O) groups is 2. The van der Waals surface area contributed by atoms with Crippen molar-refractivity contribution in [3.05, 3.63) is 0 Å². The van der Waals surface area contributed by atoms with Crippen LogP contribution in [0.4, 0.5) is 9.59 Å². The topological polar surface area (TPSA) is 73.5 Å². The molecule has 1 heterocycles. The molecule has 0 bridgehead atoms. The second-order valence-electron chi connectivity index (χ2n) is 1.99. The van der Waals surface area contributed by atoms with Crippen LogP contribution in [0.5, 0.6) is 0 Å². The summed E-state index contributed by atoms with van der Waals surface area (Å²) in [4.78, 5) is 21.8. The molecule has 0 atom stereocenters. The lowest BCUT2D eigenvalue weighted by molar-refractivity contribution is 0.156. The Morgan fingerprint density at radius 3 is 2.45 bits per heavy atom. The third-order valence-electron chi connectivity index (χ3n) is 1.20. The van der Waals surface area contributed by atoms with Crippen molar-refractivity contribution in [2.24, 2.45) is 0 Å². The molecule has 11 heavy (non-hydrogen) atoms. The second-order valence-corrected chi connectivity index (χ2v) is 1.99. The Bertz CT molecular complexity index is 165. The van der Waals surface area contributed by atoms with Gasteiger partial charge in [0.25, 0.3) is 0 Å². The van der Waals surface area contributed by atoms with Crippen molar-refractivity contribution in [3.8, 4) is 0 Å². The summed E-state index contributed by atoms with van der Waals surface area (Å²) in [6.07, 6.45) is 0. The van der Waals surface area contributed by atoms with Crippen LogP contribution in [0.2, 0.25) is 0 Å². The van der Waals surface area contributed by atoms with E-state index in [0.29, 0.717) is 6.54 Å². The molecule has 1 aliphatic rings. The summed E-state index contributed by atoms with van der Waals surface area (Å²) >= 11 is 0. The first-order chi connectivity index (χ1) is 5.25. The molecule has 0 aromatic heterocycles. The Morgan fingerprint density at radius 2 is 2.00 bits per heavy atom. The van der Waals surface area contributed by atoms with Gasteiger partial charge in [-0.3, -0.25) is 0 Å². The standard InChI is InChI=1S/C5H10N4O2/c1-2-8-9-4(10)6-3-7-5(9)11/h8H,2-3H2,1H3,(H,6,10)(H,7,11). The third-order valence-corrected chi connectivity index (χ3v) is 1.20. The van der Waals surface area contributed by atoms with Crippen LogP contribution in [-0.2, 0) is 0 Å². The predicted molar refractivity (Wildman–Crippen MR) is 37.4 cm³/mol. The molecule has 4 amide bonds. The highest BCUT2D eigenvalue weighted by molar-refractivity contribution is 5.94. The minimum atomic E-state index is -0.421. The SMILES string of the molecule is CCNN1C(=O)NCNC1=O. The highest BCUT2D eigenvalue weighted by atomic mass is 16.2. The van der Waals surface area contributed by atoms with Gasteiger partial charge in [0.15, 0.2) is 0 Å². The van der Waals surface area contributed by atoms with Crippen LogP contribution in [-0.4, -0.2) is 30.3 Å². The van der Waals surface area contributed by atoms with Crippen LogP contribution in [0.1, 0.15) is 6.92 Å². The molecule has 62 valence electrons. The van der Waals surface area contributed by atoms with Crippen molar-refractivity contribution >= 4 is 12.1 Å². The Morgan fingerprint density at radius 1 is 1.45 bits per heavy atom. The highest BCUT2D eigenvalue weighted by Gasteiger charge is 2.24. The molecule has 6 nitrogen and oxygen atoms in total. The molecule has 0 saturated carbocycles. The van der Waals surface area contributed by atoms with Crippen LogP contribution in [0.15, 0.2) is 0 Å². The third kappa shape index (κ3) is 1.58. The van der Waals surface area contributed by atoms with Gasteiger partial charge in [0.2, 0.25) is 0 Å². The lowest BCUT2D eigenvalue weighted by Gasteiger charge is -2.25. The molecular weight excluding hydrogens is 148 g/mol. The zero-order valence-corrected chi connectivity index (χ0v) is 6.18. The summed E-state index contributed by atoms with van der Waals surface area (Å²) in [6.45, 7) is 2.52. The number of hydrazine groups is 1. The van der Waals surface area contributed by atoms with Gasteiger partial charge in [0.1, 0.15) is 0 Å². The molecular formula is C5H10N4O2. The van der Waals surface area contributed by atoms with E-state index in [1.165, 1.54) is 0 Å². The van der Waals surface area contributed by atoms with E-state index in [4.69, 9.17) is 0 Å². The molecule has 0 aliphatic carbocycles. The highest BCUT2D eigenvalue weighted by Crippen LogP contribution is 1.89. The van der Waals surface area contributed by atoms with Crippen molar-refractivity contribution in [3.63, 3.8) is 0 Å². The molecule has 3 N–H and O–H groups in total. The maximum atomic E-state index is 10.9. The molecule has 0 unspecified atom stereocenters. The number of nitrogens with one attached hydrogen (secondary N) is 3. The number of amides is 4. The molecule has 0 aromatic carbocycles. The summed E-state index contributed by atoms with van der Waals surface area (Å²) < 4.78 is 0. The van der Waals surface area contributed by atoms with E-state index in [2.05, 4.69) is 16.1 Å². The van der Waals surface area contributed by atoms with E-state index in [1.807, 2.05) is 0 Å². The maximum absolute atomic E-state index is 10.9. The number of rotatable bonds is 2. The van der Waals surface area contributed by atoms with Crippen LogP contribution >= 0.6 is 0 Å². The molecule has 0 aromatic rings. The molecule has 6 heteroatoms. The van der Waals surface area contributed by atoms with Gasteiger partial charge < -0.3 is 10.6 Å². The van der Waals surface area contributed by atoms with E-state index in [0.717, 1.165) is 5.01 Å². The van der Waals surface area contributed by atoms with Gasteiger partial charge in [-0.05, 0) is 0 Å². The monoisotopic (exact) mass is 158 g/mol. The van der Waals surface area contributed by atoms with Crippen LogP contribution in [0.3, 0.4) is 0 Å². The van der Waals surface area contributed by atoms with Crippen LogP contribution in [0.25, 0.3) is 0 Å². The minimum absolute atomic E-state index is 0.194. The van der Waals surface area contributed by atoms with Crippen LogP contribution < -0.4 is 16.1 Å². The lowest BCUT2D eigenvalue weighted by atomic mass is 10.7. The fourth-order valence-corrected chi connectivity index (χ4v) is 0.747. The number of hydrogen-bond acceptors (Lipinski definition) is 3. The van der Waals surface area contributed by atoms with Crippen LogP contribution in [0, 0.1) is 0 Å². The Kier molecular flexibility index (Phi) is 2.27. The largest absolute Gasteiger partial charge is 0.341 e. The molecule has 1 rings (SSSR count). The van der Waals surface area contributed by atoms with Gasteiger partial charge in [-0.25, -0.2) is 15.0 Å². The Labute approximate surface area is 63.9 Å². The van der Waals surface area contributed by atoms with E-state index < -0.39 is 12.1 Å². The Hall–Kier alpha value is -1.30. The normalized spacial score (nSPS) is 17.7. The summed E-state index contributed by atoms with van der Waals surface area (Å²) in [7, 11) is 0. The number of imide groups is 1. The van der Waals surface area contributed by atoms with Crippen molar-refractivity contribution in [2.75, 3.05) is 13.2 Å². The zero-order chi connectivity index (χ0) is 8.27. The van der Waals surface area contributed by atoms with Crippen molar-refractivity contribution < 1.29 is 9.59 Å². The fraction of sp³-hybridized carbons (Fsp3) is 0.600. The smallest absolute Gasteiger partial charge is 0.319 e. The summed E-state index contributed by atoms with van der Waals surface area (Å²) in [6, 6.07) is -0.841. The summed E-state index contributed by atoms with van der Waals surface area (Å²) in [5, 5.41) is 5.79. The molecule has 0 radical (unpaired) electrons. The number of nitrogens with zero attached hydrogens (tertiary/aromatic N) is 1. The Balaban J connectivity index is 2.55. The predicted octanol–water partition coefficient (Wildman–Crippen LogP) is -0.797. The quantitative estimate of drug-likeness (QED) is 0.492. The first-order valence-electron chi connectivity index (χ1n) is 3.35. The van der Waals surface area contributed by atoms with Gasteiger partial charge in [-0.15, -0.1) is 0 Å². The van der Waals surface area contributed by atoms with Gasteiger partial charge in [-0.2, -0.15) is 5.01 Å². The van der Waals surface area contributed by atoms with Gasteiger partial charge in [0.05, 0.1) is 6.67 Å². The molecule has 1 fully saturated rings. The summed E-state index contributed by atoms with van der Waals surface area (Å²) in [5.74, 6) is 0. The zero-order valence-electron chi connectivity index (χ0n) is 6.18. The first-order valence-corrected chi connectivity index (χ1v) is 3.35. The van der Waals surface area contributed by atoms with Gasteiger partial charge >= 0.3 is 12.1 Å².